The van der Waals surface area contributed by atoms with Crippen LogP contribution in [0.5, 0.6) is 0 Å². The summed E-state index contributed by atoms with van der Waals surface area (Å²) >= 11 is 0. The van der Waals surface area contributed by atoms with Gasteiger partial charge in [-0.3, -0.25) is 0 Å². The SMILES string of the molecule is CCC(CC)(NC(=O)NCC(C)C(C)C)C(=O)O. The molecule has 0 aliphatic rings. The standard InChI is InChI=1S/C13H26N2O3/c1-6-13(7-2,11(16)17)15-12(18)14-8-10(5)9(3)4/h9-10H,6-8H2,1-5H3,(H,16,17)(H2,14,15,18). The van der Waals surface area contributed by atoms with Crippen LogP contribution in [0.15, 0.2) is 0 Å². The van der Waals surface area contributed by atoms with Crippen molar-refractivity contribution in [3.05, 3.63) is 0 Å². The molecule has 0 fully saturated rings. The van der Waals surface area contributed by atoms with Crippen molar-refractivity contribution in [1.29, 1.82) is 0 Å². The molecule has 2 amide bonds. The molecule has 0 aromatic heterocycles. The highest BCUT2D eigenvalue weighted by Crippen LogP contribution is 2.15. The van der Waals surface area contributed by atoms with Crippen molar-refractivity contribution >= 4 is 12.0 Å². The van der Waals surface area contributed by atoms with E-state index in [-0.39, 0.29) is 0 Å². The molecule has 0 bridgehead atoms. The van der Waals surface area contributed by atoms with E-state index in [9.17, 15) is 14.7 Å². The van der Waals surface area contributed by atoms with Crippen molar-refractivity contribution in [3.63, 3.8) is 0 Å². The maximum absolute atomic E-state index is 11.7. The molecule has 3 N–H and O–H groups in total. The number of hydrogen-bond donors (Lipinski definition) is 3. The summed E-state index contributed by atoms with van der Waals surface area (Å²) in [4.78, 5) is 22.9. The summed E-state index contributed by atoms with van der Waals surface area (Å²) < 4.78 is 0. The highest BCUT2D eigenvalue weighted by molar-refractivity contribution is 5.86. The van der Waals surface area contributed by atoms with Gasteiger partial charge in [-0.05, 0) is 24.7 Å². The summed E-state index contributed by atoms with van der Waals surface area (Å²) in [7, 11) is 0. The van der Waals surface area contributed by atoms with Crippen molar-refractivity contribution < 1.29 is 14.7 Å². The molecule has 0 aliphatic carbocycles. The van der Waals surface area contributed by atoms with Crippen LogP contribution in [0.4, 0.5) is 4.79 Å². The van der Waals surface area contributed by atoms with Crippen LogP contribution < -0.4 is 10.6 Å². The first kappa shape index (κ1) is 16.7. The van der Waals surface area contributed by atoms with Gasteiger partial charge in [0.2, 0.25) is 0 Å². The van der Waals surface area contributed by atoms with Gasteiger partial charge in [-0.1, -0.05) is 34.6 Å². The Labute approximate surface area is 109 Å². The molecule has 0 rings (SSSR count). The van der Waals surface area contributed by atoms with E-state index in [1.807, 2.05) is 0 Å². The first-order valence-electron chi connectivity index (χ1n) is 6.58. The predicted molar refractivity (Wildman–Crippen MR) is 71.5 cm³/mol. The Morgan fingerprint density at radius 2 is 1.67 bits per heavy atom. The third kappa shape index (κ3) is 4.55. The number of carboxylic acids is 1. The van der Waals surface area contributed by atoms with Gasteiger partial charge in [-0.15, -0.1) is 0 Å². The van der Waals surface area contributed by atoms with E-state index in [1.165, 1.54) is 0 Å². The number of carbonyl (C=O) groups excluding carboxylic acids is 1. The monoisotopic (exact) mass is 258 g/mol. The molecule has 0 aromatic rings. The molecule has 0 heterocycles. The van der Waals surface area contributed by atoms with Crippen LogP contribution in [-0.2, 0) is 4.79 Å². The first-order valence-corrected chi connectivity index (χ1v) is 6.58. The van der Waals surface area contributed by atoms with Crippen molar-refractivity contribution in [2.45, 2.75) is 53.0 Å². The normalized spacial score (nSPS) is 13.2. The van der Waals surface area contributed by atoms with Crippen molar-refractivity contribution in [2.24, 2.45) is 11.8 Å². The van der Waals surface area contributed by atoms with Crippen LogP contribution in [0.1, 0.15) is 47.5 Å². The van der Waals surface area contributed by atoms with Gasteiger partial charge in [-0.2, -0.15) is 0 Å². The lowest BCUT2D eigenvalue weighted by atomic mass is 9.93. The molecule has 18 heavy (non-hydrogen) atoms. The summed E-state index contributed by atoms with van der Waals surface area (Å²) in [5, 5.41) is 14.5. The number of nitrogens with one attached hydrogen (secondary N) is 2. The maximum atomic E-state index is 11.7. The molecule has 0 saturated carbocycles. The van der Waals surface area contributed by atoms with Crippen LogP contribution in [0, 0.1) is 11.8 Å². The summed E-state index contributed by atoms with van der Waals surface area (Å²) in [5.41, 5.74) is -1.16. The fourth-order valence-corrected chi connectivity index (χ4v) is 1.53. The molecular weight excluding hydrogens is 232 g/mol. The lowest BCUT2D eigenvalue weighted by molar-refractivity contribution is -0.144. The first-order chi connectivity index (χ1) is 8.29. The van der Waals surface area contributed by atoms with Crippen LogP contribution >= 0.6 is 0 Å². The number of hydrogen-bond acceptors (Lipinski definition) is 2. The number of carbonyl (C=O) groups is 2. The minimum atomic E-state index is -1.16. The second kappa shape index (κ2) is 7.24. The second-order valence-electron chi connectivity index (χ2n) is 5.15. The third-order valence-corrected chi connectivity index (χ3v) is 3.69. The number of urea groups is 1. The molecule has 5 nitrogen and oxygen atoms in total. The Bertz CT molecular complexity index is 286. The van der Waals surface area contributed by atoms with E-state index in [0.717, 1.165) is 0 Å². The summed E-state index contributed by atoms with van der Waals surface area (Å²) in [6.07, 6.45) is 0.734. The molecule has 0 radical (unpaired) electrons. The number of carboxylic acid groups (broad SMARTS) is 1. The van der Waals surface area contributed by atoms with Gasteiger partial charge in [0, 0.05) is 6.54 Å². The van der Waals surface area contributed by atoms with Gasteiger partial charge in [-0.25, -0.2) is 9.59 Å². The Kier molecular flexibility index (Phi) is 6.73. The molecule has 0 aromatic carbocycles. The van der Waals surface area contributed by atoms with Gasteiger partial charge in [0.15, 0.2) is 0 Å². The quantitative estimate of drug-likeness (QED) is 0.655. The van der Waals surface area contributed by atoms with Crippen LogP contribution in [0.25, 0.3) is 0 Å². The second-order valence-corrected chi connectivity index (χ2v) is 5.15. The lowest BCUT2D eigenvalue weighted by Gasteiger charge is -2.28. The van der Waals surface area contributed by atoms with Gasteiger partial charge in [0.25, 0.3) is 0 Å². The highest BCUT2D eigenvalue weighted by Gasteiger charge is 2.36. The van der Waals surface area contributed by atoms with Crippen molar-refractivity contribution in [2.75, 3.05) is 6.54 Å². The van der Waals surface area contributed by atoms with E-state index >= 15 is 0 Å². The zero-order chi connectivity index (χ0) is 14.3. The fourth-order valence-electron chi connectivity index (χ4n) is 1.53. The minimum absolute atomic E-state index is 0.359. The van der Waals surface area contributed by atoms with Crippen LogP contribution in [0.2, 0.25) is 0 Å². The smallest absolute Gasteiger partial charge is 0.329 e. The van der Waals surface area contributed by atoms with Gasteiger partial charge in [0.05, 0.1) is 0 Å². The third-order valence-electron chi connectivity index (χ3n) is 3.69. The average molecular weight is 258 g/mol. The fraction of sp³-hybridized carbons (Fsp3) is 0.846. The largest absolute Gasteiger partial charge is 0.480 e. The predicted octanol–water partition coefficient (Wildman–Crippen LogP) is 2.22. The summed E-state index contributed by atoms with van der Waals surface area (Å²) in [6.45, 7) is 10.3. The zero-order valence-corrected chi connectivity index (χ0v) is 12.0. The van der Waals surface area contributed by atoms with Crippen molar-refractivity contribution in [1.82, 2.24) is 10.6 Å². The molecule has 0 saturated heterocycles. The Hall–Kier alpha value is -1.26. The molecule has 5 heteroatoms. The molecular formula is C13H26N2O3. The molecule has 1 unspecified atom stereocenters. The van der Waals surface area contributed by atoms with Gasteiger partial charge >= 0.3 is 12.0 Å². The lowest BCUT2D eigenvalue weighted by Crippen LogP contribution is -2.56. The van der Waals surface area contributed by atoms with E-state index in [2.05, 4.69) is 31.4 Å². The Balaban J connectivity index is 4.41. The van der Waals surface area contributed by atoms with E-state index in [1.54, 1.807) is 13.8 Å². The number of amides is 2. The Morgan fingerprint density at radius 1 is 1.17 bits per heavy atom. The summed E-state index contributed by atoms with van der Waals surface area (Å²) in [5.74, 6) is -0.148. The zero-order valence-electron chi connectivity index (χ0n) is 12.0. The molecule has 106 valence electrons. The highest BCUT2D eigenvalue weighted by atomic mass is 16.4. The maximum Gasteiger partial charge on any atom is 0.329 e. The van der Waals surface area contributed by atoms with E-state index < -0.39 is 17.5 Å². The topological polar surface area (TPSA) is 78.4 Å². The van der Waals surface area contributed by atoms with E-state index in [4.69, 9.17) is 0 Å². The summed E-state index contributed by atoms with van der Waals surface area (Å²) in [6, 6.07) is -0.409. The minimum Gasteiger partial charge on any atom is -0.480 e. The van der Waals surface area contributed by atoms with Gasteiger partial charge in [0.1, 0.15) is 5.54 Å². The van der Waals surface area contributed by atoms with Crippen LogP contribution in [0.3, 0.4) is 0 Å². The molecule has 0 aliphatic heterocycles. The molecule has 1 atom stereocenters. The molecule has 0 spiro atoms. The average Bonchev–Trinajstić information content (AvgIpc) is 2.32. The number of rotatable bonds is 7. The number of aliphatic carboxylic acids is 1. The van der Waals surface area contributed by atoms with E-state index in [0.29, 0.717) is 31.2 Å². The Morgan fingerprint density at radius 3 is 2.00 bits per heavy atom. The van der Waals surface area contributed by atoms with Crippen molar-refractivity contribution in [3.8, 4) is 0 Å². The van der Waals surface area contributed by atoms with Crippen LogP contribution in [-0.4, -0.2) is 29.2 Å². The van der Waals surface area contributed by atoms with Gasteiger partial charge < -0.3 is 15.7 Å².